The molecule has 0 spiro atoms. The molecule has 2 saturated heterocycles. The maximum atomic E-state index is 13.3. The molecule has 2 aliphatic heterocycles. The first kappa shape index (κ1) is 23.6. The normalized spacial score (nSPS) is 24.2. The van der Waals surface area contributed by atoms with Gasteiger partial charge in [-0.25, -0.2) is 12.7 Å². The number of hydrogen-bond donors (Lipinski definition) is 0. The van der Waals surface area contributed by atoms with Crippen molar-refractivity contribution >= 4 is 34.2 Å². The van der Waals surface area contributed by atoms with Crippen LogP contribution in [0.4, 0.5) is 0 Å². The van der Waals surface area contributed by atoms with Crippen LogP contribution in [0.5, 0.6) is 0 Å². The highest BCUT2D eigenvalue weighted by Gasteiger charge is 2.58. The van der Waals surface area contributed by atoms with Crippen molar-refractivity contribution in [1.82, 2.24) is 14.1 Å². The van der Waals surface area contributed by atoms with E-state index in [1.54, 1.807) is 11.0 Å². The molecule has 2 heterocycles. The number of rotatable bonds is 5. The number of sulfonamides is 1. The van der Waals surface area contributed by atoms with Gasteiger partial charge in [0.1, 0.15) is 0 Å². The lowest BCUT2D eigenvalue weighted by Gasteiger charge is -2.29. The molecule has 7 nitrogen and oxygen atoms in total. The number of amides is 2. The number of likely N-dealkylation sites (tertiary alicyclic amines) is 1. The summed E-state index contributed by atoms with van der Waals surface area (Å²) >= 11 is 0. The molecule has 1 aromatic carbocycles. The molecule has 1 aromatic rings. The van der Waals surface area contributed by atoms with E-state index in [1.807, 2.05) is 51.0 Å². The van der Waals surface area contributed by atoms with Crippen molar-refractivity contribution in [2.24, 2.45) is 11.8 Å². The number of nitrogens with zero attached hydrogens (tertiary/aromatic N) is 3. The molecule has 0 unspecified atom stereocenters. The molecule has 2 fully saturated rings. The van der Waals surface area contributed by atoms with Crippen LogP contribution in [0.3, 0.4) is 0 Å². The fraction of sp³-hybridized carbons (Fsp3) is 0.600. The average molecular weight is 444 g/mol. The predicted octanol–water partition coefficient (Wildman–Crippen LogP) is 1.83. The van der Waals surface area contributed by atoms with Gasteiger partial charge in [-0.3, -0.25) is 9.59 Å². The van der Waals surface area contributed by atoms with Crippen LogP contribution in [0.1, 0.15) is 36.2 Å². The summed E-state index contributed by atoms with van der Waals surface area (Å²) in [6.07, 6.45) is 1.55. The van der Waals surface area contributed by atoms with Gasteiger partial charge in [-0.2, -0.15) is 0 Å². The number of halogens is 1. The molecule has 0 saturated carbocycles. The Morgan fingerprint density at radius 3 is 2.48 bits per heavy atom. The van der Waals surface area contributed by atoms with Crippen molar-refractivity contribution in [3.63, 3.8) is 0 Å². The van der Waals surface area contributed by atoms with E-state index in [-0.39, 0.29) is 30.1 Å². The summed E-state index contributed by atoms with van der Waals surface area (Å²) in [5, 5.41) is 0. The van der Waals surface area contributed by atoms with E-state index in [4.69, 9.17) is 0 Å². The molecular weight excluding hydrogens is 414 g/mol. The summed E-state index contributed by atoms with van der Waals surface area (Å²) in [4.78, 5) is 29.9. The Bertz CT molecular complexity index is 887. The third-order valence-electron chi connectivity index (χ3n) is 5.60. The minimum atomic E-state index is -3.67. The van der Waals surface area contributed by atoms with Crippen molar-refractivity contribution in [3.05, 3.63) is 35.4 Å². The zero-order valence-electron chi connectivity index (χ0n) is 17.5. The van der Waals surface area contributed by atoms with Gasteiger partial charge in [0.25, 0.3) is 5.91 Å². The number of hydrogen-bond acceptors (Lipinski definition) is 5. The second-order valence-corrected chi connectivity index (χ2v) is 10.3. The molecule has 2 aliphatic rings. The zero-order valence-corrected chi connectivity index (χ0v) is 19.2. The highest BCUT2D eigenvalue weighted by molar-refractivity contribution is 7.88. The molecule has 0 N–H and O–H groups in total. The van der Waals surface area contributed by atoms with Crippen LogP contribution in [-0.4, -0.2) is 73.3 Å². The van der Waals surface area contributed by atoms with E-state index in [2.05, 4.69) is 0 Å². The fourth-order valence-electron chi connectivity index (χ4n) is 4.60. The van der Waals surface area contributed by atoms with Crippen molar-refractivity contribution in [2.45, 2.75) is 38.9 Å². The summed E-state index contributed by atoms with van der Waals surface area (Å²) in [6.45, 7) is 4.99. The van der Waals surface area contributed by atoms with Crippen molar-refractivity contribution < 1.29 is 18.0 Å². The largest absolute Gasteiger partial charge is 0.333 e. The molecule has 0 aromatic heterocycles. The molecular formula is C20H30ClN3O4S. The molecule has 9 heteroatoms. The van der Waals surface area contributed by atoms with Gasteiger partial charge in [0, 0.05) is 18.7 Å². The standard InChI is InChI=1S/C20H29N3O4S.ClH/c1-13(2)17-18-16(23(20(17)25)28(5,26)27)9-10-22(18)19(24)15-8-6-7-14(11-15)12-21(3)4;/h6-8,11,13,16-18H,9-10,12H2,1-5H3;1H/t16-,17+,18-;/m0./s1. The van der Waals surface area contributed by atoms with Gasteiger partial charge in [0.05, 0.1) is 24.3 Å². The van der Waals surface area contributed by atoms with Crippen LogP contribution in [0.15, 0.2) is 24.3 Å². The van der Waals surface area contributed by atoms with E-state index >= 15 is 0 Å². The SMILES string of the molecule is CC(C)[C@H]1C(=O)N(S(C)(=O)=O)[C@H]2CCN(C(=O)c3cccc(CN(C)C)c3)[C@H]12.Cl. The van der Waals surface area contributed by atoms with Crippen LogP contribution in [0.2, 0.25) is 0 Å². The number of fused-ring (bicyclic) bond motifs is 1. The summed E-state index contributed by atoms with van der Waals surface area (Å²) in [5.74, 6) is -1.08. The van der Waals surface area contributed by atoms with Crippen LogP contribution in [0, 0.1) is 11.8 Å². The monoisotopic (exact) mass is 443 g/mol. The summed E-state index contributed by atoms with van der Waals surface area (Å²) in [7, 11) is 0.272. The Morgan fingerprint density at radius 1 is 1.28 bits per heavy atom. The predicted molar refractivity (Wildman–Crippen MR) is 114 cm³/mol. The van der Waals surface area contributed by atoms with Crippen molar-refractivity contribution in [1.29, 1.82) is 0 Å². The Kier molecular flexibility index (Phi) is 7.02. The molecule has 0 bridgehead atoms. The average Bonchev–Trinajstić information content (AvgIpc) is 3.09. The number of benzene rings is 1. The minimum absolute atomic E-state index is 0. The fourth-order valence-corrected chi connectivity index (χ4v) is 5.77. The smallest absolute Gasteiger partial charge is 0.254 e. The Morgan fingerprint density at radius 2 is 1.93 bits per heavy atom. The van der Waals surface area contributed by atoms with E-state index < -0.39 is 28.0 Å². The maximum Gasteiger partial charge on any atom is 0.254 e. The first-order valence-electron chi connectivity index (χ1n) is 9.60. The van der Waals surface area contributed by atoms with Crippen LogP contribution in [0.25, 0.3) is 0 Å². The molecule has 29 heavy (non-hydrogen) atoms. The lowest BCUT2D eigenvalue weighted by Crippen LogP contribution is -2.44. The molecule has 162 valence electrons. The second kappa shape index (κ2) is 8.62. The minimum Gasteiger partial charge on any atom is -0.333 e. The van der Waals surface area contributed by atoms with Gasteiger partial charge >= 0.3 is 0 Å². The van der Waals surface area contributed by atoms with E-state index in [0.29, 0.717) is 18.5 Å². The maximum absolute atomic E-state index is 13.3. The lowest BCUT2D eigenvalue weighted by atomic mass is 9.88. The summed E-state index contributed by atoms with van der Waals surface area (Å²) in [5.41, 5.74) is 1.61. The van der Waals surface area contributed by atoms with Crippen LogP contribution < -0.4 is 0 Å². The highest BCUT2D eigenvalue weighted by atomic mass is 35.5. The third kappa shape index (κ3) is 4.44. The molecule has 3 atom stereocenters. The van der Waals surface area contributed by atoms with Gasteiger partial charge in [-0.05, 0) is 44.1 Å². The Hall–Kier alpha value is -1.64. The lowest BCUT2D eigenvalue weighted by molar-refractivity contribution is -0.129. The van der Waals surface area contributed by atoms with Gasteiger partial charge in [-0.15, -0.1) is 12.4 Å². The topological polar surface area (TPSA) is 78.0 Å². The Labute approximate surface area is 179 Å². The first-order chi connectivity index (χ1) is 13.0. The van der Waals surface area contributed by atoms with Crippen molar-refractivity contribution in [2.75, 3.05) is 26.9 Å². The molecule has 2 amide bonds. The van der Waals surface area contributed by atoms with Gasteiger partial charge in [0.15, 0.2) is 0 Å². The zero-order chi connectivity index (χ0) is 20.8. The van der Waals surface area contributed by atoms with Gasteiger partial charge in [-0.1, -0.05) is 26.0 Å². The summed E-state index contributed by atoms with van der Waals surface area (Å²) < 4.78 is 25.5. The van der Waals surface area contributed by atoms with E-state index in [9.17, 15) is 18.0 Å². The van der Waals surface area contributed by atoms with Gasteiger partial charge in [0.2, 0.25) is 15.9 Å². The summed E-state index contributed by atoms with van der Waals surface area (Å²) in [6, 6.07) is 6.62. The first-order valence-corrected chi connectivity index (χ1v) is 11.4. The third-order valence-corrected chi connectivity index (χ3v) is 6.77. The highest BCUT2D eigenvalue weighted by Crippen LogP contribution is 2.41. The number of carbonyl (C=O) groups is 2. The second-order valence-electron chi connectivity index (χ2n) is 8.45. The van der Waals surface area contributed by atoms with Crippen LogP contribution in [-0.2, 0) is 21.4 Å². The molecule has 0 aliphatic carbocycles. The van der Waals surface area contributed by atoms with Gasteiger partial charge < -0.3 is 9.80 Å². The molecule has 0 radical (unpaired) electrons. The van der Waals surface area contributed by atoms with E-state index in [0.717, 1.165) is 22.7 Å². The van der Waals surface area contributed by atoms with E-state index in [1.165, 1.54) is 0 Å². The molecule has 3 rings (SSSR count). The Balaban J connectivity index is 0.00000300. The number of carbonyl (C=O) groups excluding carboxylic acids is 2. The quantitative estimate of drug-likeness (QED) is 0.693. The van der Waals surface area contributed by atoms with Crippen LogP contribution >= 0.6 is 12.4 Å². The van der Waals surface area contributed by atoms with Crippen molar-refractivity contribution in [3.8, 4) is 0 Å².